The molecule has 2 amide bonds. The van der Waals surface area contributed by atoms with E-state index in [1.807, 2.05) is 27.7 Å². The number of aromatic amines is 1. The Kier molecular flexibility index (Phi) is 7.39. The fourth-order valence-corrected chi connectivity index (χ4v) is 4.09. The molecule has 1 fully saturated rings. The number of hydrazine groups is 1. The van der Waals surface area contributed by atoms with Gasteiger partial charge in [0.25, 0.3) is 11.5 Å². The monoisotopic (exact) mass is 496 g/mol. The Morgan fingerprint density at radius 2 is 1.86 bits per heavy atom. The van der Waals surface area contributed by atoms with Gasteiger partial charge in [-0.15, -0.1) is 0 Å². The van der Waals surface area contributed by atoms with Crippen molar-refractivity contribution >= 4 is 22.8 Å². The number of H-pyrrole nitrogens is 1. The second kappa shape index (κ2) is 10.5. The zero-order chi connectivity index (χ0) is 26.0. The summed E-state index contributed by atoms with van der Waals surface area (Å²) in [6, 6.07) is 4.83. The molecule has 0 unspecified atom stereocenters. The molecule has 0 radical (unpaired) electrons. The predicted molar refractivity (Wildman–Crippen MR) is 134 cm³/mol. The molecule has 3 aromatic heterocycles. The van der Waals surface area contributed by atoms with Crippen LogP contribution >= 0.6 is 0 Å². The van der Waals surface area contributed by atoms with Crippen LogP contribution in [0.4, 0.5) is 0 Å². The van der Waals surface area contributed by atoms with Crippen LogP contribution in [-0.2, 0) is 13.1 Å². The molecule has 4 rings (SSSR count). The summed E-state index contributed by atoms with van der Waals surface area (Å²) < 4.78 is 7.02. The summed E-state index contributed by atoms with van der Waals surface area (Å²) in [4.78, 5) is 60.1. The fraction of sp³-hybridized carbons (Fsp3) is 0.480. The number of pyridine rings is 1. The average Bonchev–Trinajstić information content (AvgIpc) is 3.60. The normalized spacial score (nSPS) is 13.5. The lowest BCUT2D eigenvalue weighted by molar-refractivity contribution is 0.0829. The minimum absolute atomic E-state index is 0.00547. The van der Waals surface area contributed by atoms with Crippen molar-refractivity contribution in [3.63, 3.8) is 0 Å². The topological polar surface area (TPSA) is 142 Å². The molecule has 36 heavy (non-hydrogen) atoms. The first-order valence-electron chi connectivity index (χ1n) is 12.3. The molecule has 3 N–H and O–H groups in total. The molecule has 0 spiro atoms. The number of hydrogen-bond acceptors (Lipinski definition) is 7. The highest BCUT2D eigenvalue weighted by Gasteiger charge is 2.29. The van der Waals surface area contributed by atoms with Crippen LogP contribution in [0, 0.1) is 5.92 Å². The van der Waals surface area contributed by atoms with E-state index in [4.69, 9.17) is 4.42 Å². The summed E-state index contributed by atoms with van der Waals surface area (Å²) in [7, 11) is 0. The third-order valence-corrected chi connectivity index (χ3v) is 6.21. The second-order valence-corrected chi connectivity index (χ2v) is 9.47. The zero-order valence-corrected chi connectivity index (χ0v) is 21.0. The highest BCUT2D eigenvalue weighted by atomic mass is 16.4. The first kappa shape index (κ1) is 25.4. The third kappa shape index (κ3) is 5.40. The summed E-state index contributed by atoms with van der Waals surface area (Å²) >= 11 is 0. The SMILES string of the molecule is CCN(CC)Cc1ccc(C(=O)NNC(=O)c2cc(C3CC3)nc3c2c(=O)[nH]c(=O)n3CC(C)C)o1. The van der Waals surface area contributed by atoms with Gasteiger partial charge in [-0.1, -0.05) is 27.7 Å². The molecule has 3 heterocycles. The molecular formula is C25H32N6O5. The Morgan fingerprint density at radius 1 is 1.17 bits per heavy atom. The number of nitrogens with one attached hydrogen (secondary N) is 3. The van der Waals surface area contributed by atoms with Crippen molar-refractivity contribution in [1.82, 2.24) is 30.3 Å². The average molecular weight is 497 g/mol. The van der Waals surface area contributed by atoms with Gasteiger partial charge in [-0.05, 0) is 50.0 Å². The molecule has 0 atom stereocenters. The second-order valence-electron chi connectivity index (χ2n) is 9.47. The lowest BCUT2D eigenvalue weighted by Gasteiger charge is -2.15. The van der Waals surface area contributed by atoms with E-state index in [1.54, 1.807) is 18.2 Å². The molecule has 0 saturated heterocycles. The van der Waals surface area contributed by atoms with Crippen molar-refractivity contribution in [3.8, 4) is 0 Å². The summed E-state index contributed by atoms with van der Waals surface area (Å²) in [5, 5.41) is 0.00547. The van der Waals surface area contributed by atoms with Gasteiger partial charge < -0.3 is 4.42 Å². The van der Waals surface area contributed by atoms with Crippen LogP contribution in [0.2, 0.25) is 0 Å². The van der Waals surface area contributed by atoms with E-state index in [9.17, 15) is 19.2 Å². The fourth-order valence-electron chi connectivity index (χ4n) is 4.09. The van der Waals surface area contributed by atoms with Gasteiger partial charge in [-0.2, -0.15) is 0 Å². The highest BCUT2D eigenvalue weighted by molar-refractivity contribution is 6.06. The van der Waals surface area contributed by atoms with E-state index >= 15 is 0 Å². The number of carbonyl (C=O) groups excluding carboxylic acids is 2. The van der Waals surface area contributed by atoms with Crippen molar-refractivity contribution < 1.29 is 14.0 Å². The lowest BCUT2D eigenvalue weighted by Crippen LogP contribution is -2.42. The van der Waals surface area contributed by atoms with E-state index in [0.29, 0.717) is 24.5 Å². The van der Waals surface area contributed by atoms with Gasteiger partial charge in [0.2, 0.25) is 0 Å². The maximum absolute atomic E-state index is 13.2. The van der Waals surface area contributed by atoms with Gasteiger partial charge in [0.1, 0.15) is 5.76 Å². The molecular weight excluding hydrogens is 464 g/mol. The number of fused-ring (bicyclic) bond motifs is 1. The Hall–Kier alpha value is -3.73. The van der Waals surface area contributed by atoms with Crippen molar-refractivity contribution in [2.75, 3.05) is 13.1 Å². The molecule has 1 aliphatic carbocycles. The predicted octanol–water partition coefficient (Wildman–Crippen LogP) is 2.13. The molecule has 3 aromatic rings. The first-order chi connectivity index (χ1) is 17.2. The van der Waals surface area contributed by atoms with Crippen LogP contribution < -0.4 is 22.1 Å². The van der Waals surface area contributed by atoms with Crippen LogP contribution in [0.1, 0.15) is 78.8 Å². The minimum atomic E-state index is -0.701. The van der Waals surface area contributed by atoms with Gasteiger partial charge in [0.05, 0.1) is 17.5 Å². The quantitative estimate of drug-likeness (QED) is 0.385. The van der Waals surface area contributed by atoms with Crippen molar-refractivity contribution in [1.29, 1.82) is 0 Å². The number of amides is 2. The van der Waals surface area contributed by atoms with E-state index < -0.39 is 23.1 Å². The number of nitrogens with zero attached hydrogens (tertiary/aromatic N) is 3. The summed E-state index contributed by atoms with van der Waals surface area (Å²) in [6.45, 7) is 10.6. The maximum atomic E-state index is 13.2. The van der Waals surface area contributed by atoms with E-state index in [1.165, 1.54) is 4.57 Å². The highest BCUT2D eigenvalue weighted by Crippen LogP contribution is 2.39. The Labute approximate surface area is 207 Å². The molecule has 1 aliphatic rings. The number of rotatable bonds is 9. The first-order valence-corrected chi connectivity index (χ1v) is 12.3. The smallest absolute Gasteiger partial charge is 0.330 e. The minimum Gasteiger partial charge on any atom is -0.454 e. The Balaban J connectivity index is 1.60. The van der Waals surface area contributed by atoms with Gasteiger partial charge in [-0.25, -0.2) is 9.78 Å². The van der Waals surface area contributed by atoms with Crippen molar-refractivity contribution in [2.24, 2.45) is 5.92 Å². The zero-order valence-electron chi connectivity index (χ0n) is 21.0. The summed E-state index contributed by atoms with van der Waals surface area (Å²) in [5.74, 6) is -0.337. The van der Waals surface area contributed by atoms with Gasteiger partial charge in [-0.3, -0.25) is 39.7 Å². The van der Waals surface area contributed by atoms with Crippen LogP contribution in [0.5, 0.6) is 0 Å². The molecule has 11 nitrogen and oxygen atoms in total. The van der Waals surface area contributed by atoms with Gasteiger partial charge in [0.15, 0.2) is 11.4 Å². The van der Waals surface area contributed by atoms with Crippen molar-refractivity contribution in [2.45, 2.75) is 59.5 Å². The van der Waals surface area contributed by atoms with E-state index in [2.05, 4.69) is 25.7 Å². The lowest BCUT2D eigenvalue weighted by atomic mass is 10.1. The maximum Gasteiger partial charge on any atom is 0.330 e. The molecule has 0 aromatic carbocycles. The summed E-state index contributed by atoms with van der Waals surface area (Å²) in [5.41, 5.74) is 4.32. The molecule has 1 saturated carbocycles. The number of furan rings is 1. The van der Waals surface area contributed by atoms with Crippen LogP contribution in [0.25, 0.3) is 11.0 Å². The number of aromatic nitrogens is 3. The van der Waals surface area contributed by atoms with Crippen LogP contribution in [0.15, 0.2) is 32.2 Å². The number of hydrogen-bond donors (Lipinski definition) is 3. The van der Waals surface area contributed by atoms with E-state index in [-0.39, 0.29) is 34.2 Å². The van der Waals surface area contributed by atoms with Crippen LogP contribution in [0.3, 0.4) is 0 Å². The Morgan fingerprint density at radius 3 is 2.50 bits per heavy atom. The molecule has 192 valence electrons. The molecule has 11 heteroatoms. The van der Waals surface area contributed by atoms with Crippen LogP contribution in [-0.4, -0.2) is 44.3 Å². The van der Waals surface area contributed by atoms with E-state index in [0.717, 1.165) is 25.9 Å². The number of carbonyl (C=O) groups is 2. The third-order valence-electron chi connectivity index (χ3n) is 6.21. The standard InChI is InChI=1S/C25H32N6O5/c1-5-30(6-2)13-16-9-10-19(36-16)23(33)29-28-22(32)17-11-18(15-7-8-15)26-21-20(17)24(34)27-25(35)31(21)12-14(3)4/h9-11,14-15H,5-8,12-13H2,1-4H3,(H,28,32)(H,29,33)(H,27,34,35). The van der Waals surface area contributed by atoms with Crippen molar-refractivity contribution in [3.05, 3.63) is 61.8 Å². The van der Waals surface area contributed by atoms with Gasteiger partial charge >= 0.3 is 11.6 Å². The largest absolute Gasteiger partial charge is 0.454 e. The van der Waals surface area contributed by atoms with Gasteiger partial charge in [0, 0.05) is 18.2 Å². The Bertz CT molecular complexity index is 1390. The summed E-state index contributed by atoms with van der Waals surface area (Å²) in [6.07, 6.45) is 1.84. The molecule has 0 aliphatic heterocycles. The molecule has 0 bridgehead atoms.